The summed E-state index contributed by atoms with van der Waals surface area (Å²) < 4.78 is 13.6. The van der Waals surface area contributed by atoms with Crippen LogP contribution in [0.3, 0.4) is 0 Å². The lowest BCUT2D eigenvalue weighted by Gasteiger charge is -2.30. The number of nitrogens with zero attached hydrogens (tertiary/aromatic N) is 4. The van der Waals surface area contributed by atoms with Crippen molar-refractivity contribution in [3.05, 3.63) is 36.2 Å². The Kier molecular flexibility index (Phi) is 4.85. The maximum Gasteiger partial charge on any atom is 0.161 e. The number of hydrogen-bond acceptors (Lipinski definition) is 6. The Bertz CT molecular complexity index is 698. The fraction of sp³-hybridized carbons (Fsp3) is 0.556. The molecule has 7 nitrogen and oxygen atoms in total. The first kappa shape index (κ1) is 16.4. The van der Waals surface area contributed by atoms with Gasteiger partial charge in [0.2, 0.25) is 0 Å². The third-order valence-corrected chi connectivity index (χ3v) is 4.89. The zero-order valence-corrected chi connectivity index (χ0v) is 14.6. The van der Waals surface area contributed by atoms with Gasteiger partial charge in [-0.05, 0) is 45.1 Å². The maximum absolute atomic E-state index is 5.99. The number of fused-ring (bicyclic) bond motifs is 1. The highest BCUT2D eigenvalue weighted by atomic mass is 16.6. The molecule has 2 aliphatic rings. The van der Waals surface area contributed by atoms with Crippen LogP contribution >= 0.6 is 0 Å². The highest BCUT2D eigenvalue weighted by Gasteiger charge is 2.22. The van der Waals surface area contributed by atoms with Crippen LogP contribution in [0, 0.1) is 0 Å². The van der Waals surface area contributed by atoms with Crippen LogP contribution in [-0.4, -0.2) is 58.8 Å². The normalized spacial score (nSPS) is 20.8. The summed E-state index contributed by atoms with van der Waals surface area (Å²) in [5.41, 5.74) is 0.998. The van der Waals surface area contributed by atoms with Crippen LogP contribution < -0.4 is 14.8 Å². The number of para-hydroxylation sites is 2. The lowest BCUT2D eigenvalue weighted by atomic mass is 10.1. The van der Waals surface area contributed by atoms with E-state index in [0.717, 1.165) is 36.8 Å². The highest BCUT2D eigenvalue weighted by molar-refractivity contribution is 5.40. The molecule has 1 N–H and O–H groups in total. The zero-order valence-electron chi connectivity index (χ0n) is 14.6. The standard InChI is InChI=1S/C18H25N5O2/c1-22(15-6-8-19-9-7-15)10-14-11-23(21-20-14)12-16-13-24-17-4-2-3-5-18(17)25-16/h2-5,11,15-16,19H,6-10,12-13H2,1H3. The minimum absolute atomic E-state index is 0.0494. The zero-order chi connectivity index (χ0) is 17.1. The van der Waals surface area contributed by atoms with Gasteiger partial charge in [-0.2, -0.15) is 0 Å². The van der Waals surface area contributed by atoms with Crippen molar-refractivity contribution in [2.45, 2.75) is 38.1 Å². The molecular weight excluding hydrogens is 318 g/mol. The number of aromatic nitrogens is 3. The lowest BCUT2D eigenvalue weighted by Crippen LogP contribution is -2.40. The fourth-order valence-corrected chi connectivity index (χ4v) is 3.49. The van der Waals surface area contributed by atoms with Gasteiger partial charge >= 0.3 is 0 Å². The minimum Gasteiger partial charge on any atom is -0.486 e. The summed E-state index contributed by atoms with van der Waals surface area (Å²) in [6, 6.07) is 8.38. The first-order valence-electron chi connectivity index (χ1n) is 8.96. The Balaban J connectivity index is 1.32. The molecule has 0 aliphatic carbocycles. The topological polar surface area (TPSA) is 64.4 Å². The summed E-state index contributed by atoms with van der Waals surface area (Å²) >= 11 is 0. The molecule has 1 fully saturated rings. The van der Waals surface area contributed by atoms with Gasteiger partial charge < -0.3 is 14.8 Å². The molecule has 0 spiro atoms. The van der Waals surface area contributed by atoms with E-state index in [4.69, 9.17) is 9.47 Å². The molecule has 1 aromatic carbocycles. The Labute approximate surface area is 147 Å². The van der Waals surface area contributed by atoms with Crippen LogP contribution in [0.4, 0.5) is 0 Å². The van der Waals surface area contributed by atoms with Crippen LogP contribution in [0.1, 0.15) is 18.5 Å². The van der Waals surface area contributed by atoms with E-state index >= 15 is 0 Å². The summed E-state index contributed by atoms with van der Waals surface area (Å²) in [6.07, 6.45) is 4.35. The molecule has 25 heavy (non-hydrogen) atoms. The highest BCUT2D eigenvalue weighted by Crippen LogP contribution is 2.31. The molecule has 1 saturated heterocycles. The van der Waals surface area contributed by atoms with Crippen LogP contribution in [0.25, 0.3) is 0 Å². The summed E-state index contributed by atoms with van der Waals surface area (Å²) in [4.78, 5) is 2.38. The second-order valence-electron chi connectivity index (χ2n) is 6.83. The van der Waals surface area contributed by atoms with Crippen molar-refractivity contribution >= 4 is 0 Å². The van der Waals surface area contributed by atoms with Crippen molar-refractivity contribution in [3.63, 3.8) is 0 Å². The van der Waals surface area contributed by atoms with E-state index in [1.165, 1.54) is 12.8 Å². The molecule has 7 heteroatoms. The third kappa shape index (κ3) is 3.93. The monoisotopic (exact) mass is 343 g/mol. The van der Waals surface area contributed by atoms with Crippen molar-refractivity contribution in [1.29, 1.82) is 0 Å². The molecule has 1 atom stereocenters. The summed E-state index contributed by atoms with van der Waals surface area (Å²) in [7, 11) is 2.17. The summed E-state index contributed by atoms with van der Waals surface area (Å²) in [5, 5.41) is 12.0. The van der Waals surface area contributed by atoms with Crippen molar-refractivity contribution < 1.29 is 9.47 Å². The molecular formula is C18H25N5O2. The first-order valence-corrected chi connectivity index (χ1v) is 8.96. The van der Waals surface area contributed by atoms with Gasteiger partial charge in [-0.3, -0.25) is 4.90 Å². The summed E-state index contributed by atoms with van der Waals surface area (Å²) in [5.74, 6) is 1.60. The molecule has 2 aromatic rings. The maximum atomic E-state index is 5.99. The predicted octanol–water partition coefficient (Wildman–Crippen LogP) is 1.30. The average molecular weight is 343 g/mol. The SMILES string of the molecule is CN(Cc1cn(CC2COc3ccccc3O2)nn1)C1CCNCC1. The number of nitrogens with one attached hydrogen (secondary N) is 1. The van der Waals surface area contributed by atoms with Gasteiger partial charge in [-0.25, -0.2) is 4.68 Å². The number of piperidine rings is 1. The molecule has 1 unspecified atom stereocenters. The van der Waals surface area contributed by atoms with Crippen LogP contribution in [0.5, 0.6) is 11.5 Å². The van der Waals surface area contributed by atoms with Crippen LogP contribution in [0.2, 0.25) is 0 Å². The van der Waals surface area contributed by atoms with Crippen LogP contribution in [-0.2, 0) is 13.1 Å². The predicted molar refractivity (Wildman–Crippen MR) is 93.7 cm³/mol. The molecule has 0 saturated carbocycles. The van der Waals surface area contributed by atoms with E-state index < -0.39 is 0 Å². The number of benzene rings is 1. The van der Waals surface area contributed by atoms with Crippen LogP contribution in [0.15, 0.2) is 30.5 Å². The largest absolute Gasteiger partial charge is 0.486 e. The number of hydrogen-bond donors (Lipinski definition) is 1. The lowest BCUT2D eigenvalue weighted by molar-refractivity contribution is 0.0754. The van der Waals surface area contributed by atoms with Gasteiger partial charge in [0.25, 0.3) is 0 Å². The van der Waals surface area contributed by atoms with E-state index in [1.54, 1.807) is 0 Å². The quantitative estimate of drug-likeness (QED) is 0.883. The molecule has 0 amide bonds. The van der Waals surface area contributed by atoms with E-state index in [1.807, 2.05) is 35.1 Å². The van der Waals surface area contributed by atoms with Crippen molar-refractivity contribution in [1.82, 2.24) is 25.2 Å². The van der Waals surface area contributed by atoms with Gasteiger partial charge in [0.05, 0.1) is 12.2 Å². The number of rotatable bonds is 5. The van der Waals surface area contributed by atoms with Crippen molar-refractivity contribution in [2.24, 2.45) is 0 Å². The van der Waals surface area contributed by atoms with Gasteiger partial charge in [-0.15, -0.1) is 5.10 Å². The van der Waals surface area contributed by atoms with Gasteiger partial charge in [0.15, 0.2) is 17.6 Å². The van der Waals surface area contributed by atoms with E-state index in [0.29, 0.717) is 19.2 Å². The minimum atomic E-state index is -0.0494. The summed E-state index contributed by atoms with van der Waals surface area (Å²) in [6.45, 7) is 4.19. The van der Waals surface area contributed by atoms with Crippen molar-refractivity contribution in [2.75, 3.05) is 26.7 Å². The van der Waals surface area contributed by atoms with E-state index in [-0.39, 0.29) is 6.10 Å². The fourth-order valence-electron chi connectivity index (χ4n) is 3.49. The van der Waals surface area contributed by atoms with Gasteiger partial charge in [-0.1, -0.05) is 17.3 Å². The Morgan fingerprint density at radius 2 is 2.04 bits per heavy atom. The molecule has 1 aromatic heterocycles. The van der Waals surface area contributed by atoms with Gasteiger partial charge in [0.1, 0.15) is 6.61 Å². The second kappa shape index (κ2) is 7.41. The second-order valence-corrected chi connectivity index (χ2v) is 6.83. The van der Waals surface area contributed by atoms with E-state index in [2.05, 4.69) is 27.6 Å². The van der Waals surface area contributed by atoms with E-state index in [9.17, 15) is 0 Å². The molecule has 3 heterocycles. The van der Waals surface area contributed by atoms with Gasteiger partial charge in [0, 0.05) is 18.8 Å². The molecule has 2 aliphatic heterocycles. The molecule has 4 rings (SSSR count). The molecule has 0 radical (unpaired) electrons. The smallest absolute Gasteiger partial charge is 0.161 e. The number of ether oxygens (including phenoxy) is 2. The third-order valence-electron chi connectivity index (χ3n) is 4.89. The Hall–Kier alpha value is -2.12. The Morgan fingerprint density at radius 1 is 1.24 bits per heavy atom. The molecule has 0 bridgehead atoms. The van der Waals surface area contributed by atoms with Crippen molar-refractivity contribution in [3.8, 4) is 11.5 Å². The molecule has 134 valence electrons. The average Bonchev–Trinajstić information content (AvgIpc) is 3.09. The Morgan fingerprint density at radius 3 is 2.88 bits per heavy atom. The first-order chi connectivity index (χ1) is 12.3.